The number of anilines is 1. The Bertz CT molecular complexity index is 938. The smallest absolute Gasteiger partial charge is 0.327 e. The van der Waals surface area contributed by atoms with Crippen LogP contribution < -0.4 is 10.2 Å². The molecule has 0 saturated carbocycles. The van der Waals surface area contributed by atoms with Crippen molar-refractivity contribution in [2.24, 2.45) is 0 Å². The summed E-state index contributed by atoms with van der Waals surface area (Å²) in [7, 11) is 1.80. The molecular weight excluding hydrogens is 390 g/mol. The lowest BCUT2D eigenvalue weighted by Gasteiger charge is -2.43. The molecule has 31 heavy (non-hydrogen) atoms. The Labute approximate surface area is 183 Å². The van der Waals surface area contributed by atoms with Gasteiger partial charge in [0.2, 0.25) is 0 Å². The predicted molar refractivity (Wildman–Crippen MR) is 119 cm³/mol. The van der Waals surface area contributed by atoms with E-state index in [1.54, 1.807) is 11.9 Å². The second-order valence-electron chi connectivity index (χ2n) is 8.52. The average Bonchev–Trinajstić information content (AvgIpc) is 3.21. The van der Waals surface area contributed by atoms with Gasteiger partial charge in [0, 0.05) is 32.4 Å². The molecule has 0 aromatic heterocycles. The first kappa shape index (κ1) is 20.0. The maximum atomic E-state index is 13.5. The molecule has 3 aliphatic heterocycles. The molecule has 0 bridgehead atoms. The summed E-state index contributed by atoms with van der Waals surface area (Å²) >= 11 is 0. The van der Waals surface area contributed by atoms with E-state index in [9.17, 15) is 9.59 Å². The molecule has 3 heterocycles. The van der Waals surface area contributed by atoms with Crippen LogP contribution >= 0.6 is 0 Å². The number of hydrogen-bond acceptors (Lipinski definition) is 5. The number of carbonyl (C=O) groups excluding carboxylic acids is 2. The van der Waals surface area contributed by atoms with Crippen LogP contribution in [0.4, 0.5) is 10.5 Å². The number of hydrogen-bond donors (Lipinski definition) is 1. The number of carbonyl (C=O) groups is 2. The van der Waals surface area contributed by atoms with E-state index < -0.39 is 0 Å². The molecule has 3 saturated heterocycles. The van der Waals surface area contributed by atoms with Crippen molar-refractivity contribution in [3.8, 4) is 0 Å². The largest absolute Gasteiger partial charge is 0.343 e. The van der Waals surface area contributed by atoms with Crippen LogP contribution in [0.25, 0.3) is 0 Å². The van der Waals surface area contributed by atoms with Gasteiger partial charge in [0.25, 0.3) is 5.91 Å². The molecule has 2 aromatic carbocycles. The number of benzene rings is 2. The van der Waals surface area contributed by atoms with Crippen LogP contribution in [-0.2, 0) is 11.2 Å². The van der Waals surface area contributed by atoms with Gasteiger partial charge in [-0.15, -0.1) is 0 Å². The van der Waals surface area contributed by atoms with Crippen LogP contribution in [0.3, 0.4) is 0 Å². The number of amides is 3. The van der Waals surface area contributed by atoms with Gasteiger partial charge < -0.3 is 9.80 Å². The molecule has 0 aliphatic carbocycles. The van der Waals surface area contributed by atoms with Crippen LogP contribution in [0.2, 0.25) is 0 Å². The van der Waals surface area contributed by atoms with Crippen molar-refractivity contribution in [3.63, 3.8) is 0 Å². The minimum absolute atomic E-state index is 0.0777. The number of para-hydroxylation sites is 1. The lowest BCUT2D eigenvalue weighted by atomic mass is 10.1. The van der Waals surface area contributed by atoms with Gasteiger partial charge in [-0.25, -0.2) is 4.79 Å². The number of fused-ring (bicyclic) bond motifs is 3. The van der Waals surface area contributed by atoms with E-state index in [0.29, 0.717) is 6.54 Å². The molecule has 0 spiro atoms. The highest BCUT2D eigenvalue weighted by molar-refractivity contribution is 6.00. The molecular formula is C24H29N5O2. The van der Waals surface area contributed by atoms with Gasteiger partial charge >= 0.3 is 6.03 Å². The first-order valence-corrected chi connectivity index (χ1v) is 11.1. The summed E-state index contributed by atoms with van der Waals surface area (Å²) in [6.07, 6.45) is 2.20. The van der Waals surface area contributed by atoms with Crippen LogP contribution in [-0.4, -0.2) is 71.8 Å². The van der Waals surface area contributed by atoms with Gasteiger partial charge in [-0.2, -0.15) is 0 Å². The lowest BCUT2D eigenvalue weighted by Crippen LogP contribution is -2.66. The minimum atomic E-state index is -0.351. The maximum absolute atomic E-state index is 13.5. The molecule has 3 unspecified atom stereocenters. The number of nitrogens with zero attached hydrogens (tertiary/aromatic N) is 4. The van der Waals surface area contributed by atoms with Crippen LogP contribution in [0.1, 0.15) is 18.4 Å². The normalized spacial score (nSPS) is 26.2. The van der Waals surface area contributed by atoms with Gasteiger partial charge in [-0.1, -0.05) is 48.5 Å². The topological polar surface area (TPSA) is 59.1 Å². The van der Waals surface area contributed by atoms with Crippen LogP contribution in [0.15, 0.2) is 60.7 Å². The second-order valence-corrected chi connectivity index (χ2v) is 8.52. The number of nitrogens with one attached hydrogen (secondary N) is 1. The minimum Gasteiger partial charge on any atom is -0.343 e. The Morgan fingerprint density at radius 3 is 2.42 bits per heavy atom. The molecule has 162 valence electrons. The number of aryl methyl sites for hydroxylation is 1. The fourth-order valence-corrected chi connectivity index (χ4v) is 5.09. The summed E-state index contributed by atoms with van der Waals surface area (Å²) in [5.74, 6) is -0.0777. The molecule has 3 aliphatic rings. The summed E-state index contributed by atoms with van der Waals surface area (Å²) in [5.41, 5.74) is 2.35. The monoisotopic (exact) mass is 419 g/mol. The first-order chi connectivity index (χ1) is 15.1. The van der Waals surface area contributed by atoms with Crippen molar-refractivity contribution in [1.82, 2.24) is 20.0 Å². The quantitative estimate of drug-likeness (QED) is 0.806. The van der Waals surface area contributed by atoms with E-state index in [1.807, 2.05) is 36.4 Å². The van der Waals surface area contributed by atoms with Gasteiger partial charge in [-0.3, -0.25) is 19.9 Å². The molecule has 1 N–H and O–H groups in total. The van der Waals surface area contributed by atoms with Gasteiger partial charge in [0.05, 0.1) is 0 Å². The third-order valence-corrected chi connectivity index (χ3v) is 6.65. The average molecular weight is 420 g/mol. The highest BCUT2D eigenvalue weighted by Crippen LogP contribution is 2.33. The highest BCUT2D eigenvalue weighted by atomic mass is 16.2. The van der Waals surface area contributed by atoms with Crippen molar-refractivity contribution in [1.29, 1.82) is 0 Å². The van der Waals surface area contributed by atoms with E-state index in [0.717, 1.165) is 38.0 Å². The lowest BCUT2D eigenvalue weighted by molar-refractivity contribution is -0.138. The summed E-state index contributed by atoms with van der Waals surface area (Å²) < 4.78 is 0. The molecule has 3 fully saturated rings. The van der Waals surface area contributed by atoms with Crippen molar-refractivity contribution in [2.75, 3.05) is 31.6 Å². The van der Waals surface area contributed by atoms with Crippen molar-refractivity contribution in [3.05, 3.63) is 66.2 Å². The Balaban J connectivity index is 1.33. The standard InChI is InChI=1S/C24H29N5O2/c1-26-21-20(22(30)29(24(26)31)15-8-12-18-10-4-2-5-11-18)28-17-9-16-27(23(28)25-21)19-13-6-3-7-14-19/h2-7,10-11,13-14,20-21,23,25H,8-9,12,15-17H2,1H3. The zero-order valence-electron chi connectivity index (χ0n) is 17.9. The van der Waals surface area contributed by atoms with E-state index in [-0.39, 0.29) is 30.4 Å². The molecule has 7 heteroatoms. The summed E-state index contributed by atoms with van der Waals surface area (Å²) in [6.45, 7) is 2.21. The zero-order chi connectivity index (χ0) is 21.4. The molecule has 3 amide bonds. The summed E-state index contributed by atoms with van der Waals surface area (Å²) in [5, 5.41) is 3.57. The first-order valence-electron chi connectivity index (χ1n) is 11.1. The number of urea groups is 1. The number of likely N-dealkylation sites (N-methyl/N-ethyl adjacent to an activating group) is 1. The molecule has 0 radical (unpaired) electrons. The number of imide groups is 1. The van der Waals surface area contributed by atoms with Crippen molar-refractivity contribution < 1.29 is 9.59 Å². The van der Waals surface area contributed by atoms with E-state index in [1.165, 1.54) is 10.5 Å². The fourth-order valence-electron chi connectivity index (χ4n) is 5.09. The SMILES string of the molecule is CN1C(=O)N(CCCc2ccccc2)C(=O)C2C1NC1N(c3ccccc3)CCCN21. The summed E-state index contributed by atoms with van der Waals surface area (Å²) in [6, 6.07) is 19.9. The van der Waals surface area contributed by atoms with Gasteiger partial charge in [0.1, 0.15) is 18.5 Å². The van der Waals surface area contributed by atoms with E-state index in [2.05, 4.69) is 39.4 Å². The molecule has 3 atom stereocenters. The Morgan fingerprint density at radius 1 is 0.968 bits per heavy atom. The Morgan fingerprint density at radius 2 is 1.68 bits per heavy atom. The van der Waals surface area contributed by atoms with E-state index in [4.69, 9.17) is 0 Å². The predicted octanol–water partition coefficient (Wildman–Crippen LogP) is 2.31. The fraction of sp³-hybridized carbons (Fsp3) is 0.417. The third-order valence-electron chi connectivity index (χ3n) is 6.65. The second kappa shape index (κ2) is 8.32. The molecule has 2 aromatic rings. The van der Waals surface area contributed by atoms with Crippen LogP contribution in [0.5, 0.6) is 0 Å². The maximum Gasteiger partial charge on any atom is 0.327 e. The Hall–Kier alpha value is -2.90. The summed E-state index contributed by atoms with van der Waals surface area (Å²) in [4.78, 5) is 34.2. The highest BCUT2D eigenvalue weighted by Gasteiger charge is 2.55. The van der Waals surface area contributed by atoms with Crippen molar-refractivity contribution in [2.45, 2.75) is 37.8 Å². The van der Waals surface area contributed by atoms with Gasteiger partial charge in [0.15, 0.2) is 0 Å². The molecule has 7 nitrogen and oxygen atoms in total. The third kappa shape index (κ3) is 3.58. The van der Waals surface area contributed by atoms with Crippen molar-refractivity contribution >= 4 is 17.6 Å². The zero-order valence-corrected chi connectivity index (χ0v) is 17.9. The Kier molecular flexibility index (Phi) is 5.38. The van der Waals surface area contributed by atoms with Crippen LogP contribution in [0, 0.1) is 0 Å². The molecule has 5 rings (SSSR count). The van der Waals surface area contributed by atoms with E-state index >= 15 is 0 Å². The number of rotatable bonds is 5. The van der Waals surface area contributed by atoms with Gasteiger partial charge in [-0.05, 0) is 37.0 Å².